The van der Waals surface area contributed by atoms with Crippen LogP contribution >= 0.6 is 11.8 Å². The van der Waals surface area contributed by atoms with Crippen LogP contribution in [-0.4, -0.2) is 40.5 Å². The lowest BCUT2D eigenvalue weighted by molar-refractivity contribution is 0.0876. The third kappa shape index (κ3) is 3.30. The number of thioether (sulfide) groups is 1. The second-order valence-electron chi connectivity index (χ2n) is 7.11. The van der Waals surface area contributed by atoms with Crippen molar-refractivity contribution in [2.45, 2.75) is 10.1 Å². The number of rotatable bonds is 5. The lowest BCUT2D eigenvalue weighted by atomic mass is 10.2. The molecule has 2 heterocycles. The van der Waals surface area contributed by atoms with Gasteiger partial charge in [-0.2, -0.15) is 0 Å². The third-order valence-electron chi connectivity index (χ3n) is 5.20. The van der Waals surface area contributed by atoms with Crippen LogP contribution in [0.25, 0.3) is 16.6 Å². The summed E-state index contributed by atoms with van der Waals surface area (Å²) in [4.78, 5) is 30.5. The number of amides is 1. The van der Waals surface area contributed by atoms with Gasteiger partial charge >= 0.3 is 0 Å². The highest BCUT2D eigenvalue weighted by molar-refractivity contribution is 7.99. The zero-order valence-corrected chi connectivity index (χ0v) is 18.3. The summed E-state index contributed by atoms with van der Waals surface area (Å²) >= 11 is 1.23. The van der Waals surface area contributed by atoms with Crippen molar-refractivity contribution in [3.63, 3.8) is 0 Å². The zero-order valence-electron chi connectivity index (χ0n) is 16.7. The molecule has 4 aromatic rings. The Morgan fingerprint density at radius 3 is 2.31 bits per heavy atom. The lowest BCUT2D eigenvalue weighted by Crippen LogP contribution is -2.32. The van der Waals surface area contributed by atoms with E-state index in [-0.39, 0.29) is 28.3 Å². The molecular weight excluding hydrogens is 446 g/mol. The fraction of sp³-hybridized carbons (Fsp3) is 0.0870. The first-order chi connectivity index (χ1) is 15.5. The van der Waals surface area contributed by atoms with E-state index in [0.717, 1.165) is 4.31 Å². The molecule has 160 valence electrons. The molecule has 1 aliphatic heterocycles. The molecule has 0 unspecified atom stereocenters. The number of hydrogen-bond acceptors (Lipinski definition) is 6. The Morgan fingerprint density at radius 2 is 1.53 bits per heavy atom. The van der Waals surface area contributed by atoms with Gasteiger partial charge in [-0.3, -0.25) is 14.2 Å². The Balaban J connectivity index is 1.48. The number of para-hydroxylation sites is 2. The van der Waals surface area contributed by atoms with Crippen molar-refractivity contribution in [2.24, 2.45) is 0 Å². The molecule has 1 aliphatic rings. The Kier molecular flexibility index (Phi) is 5.07. The minimum atomic E-state index is -3.87. The van der Waals surface area contributed by atoms with Crippen molar-refractivity contribution >= 4 is 38.6 Å². The summed E-state index contributed by atoms with van der Waals surface area (Å²) < 4.78 is 28.0. The van der Waals surface area contributed by atoms with E-state index in [0.29, 0.717) is 21.7 Å². The molecule has 0 bridgehead atoms. The molecule has 9 heteroatoms. The predicted octanol–water partition coefficient (Wildman–Crippen LogP) is 3.32. The van der Waals surface area contributed by atoms with Crippen molar-refractivity contribution in [1.29, 1.82) is 0 Å². The molecule has 0 saturated heterocycles. The van der Waals surface area contributed by atoms with Gasteiger partial charge in [0.2, 0.25) is 0 Å². The first-order valence-corrected chi connectivity index (χ1v) is 12.3. The molecule has 5 rings (SSSR count). The number of aromatic nitrogens is 2. The number of sulfonamides is 1. The van der Waals surface area contributed by atoms with Crippen LogP contribution in [0.1, 0.15) is 10.4 Å². The minimum absolute atomic E-state index is 0.0278. The Labute approximate surface area is 188 Å². The van der Waals surface area contributed by atoms with E-state index in [2.05, 4.69) is 4.98 Å². The van der Waals surface area contributed by atoms with E-state index < -0.39 is 15.9 Å². The monoisotopic (exact) mass is 463 g/mol. The van der Waals surface area contributed by atoms with Gasteiger partial charge < -0.3 is 0 Å². The summed E-state index contributed by atoms with van der Waals surface area (Å²) in [5, 5.41) is 0.926. The van der Waals surface area contributed by atoms with Crippen LogP contribution < -0.4 is 5.56 Å². The van der Waals surface area contributed by atoms with Gasteiger partial charge in [-0.25, -0.2) is 17.7 Å². The molecule has 0 saturated carbocycles. The smallest absolute Gasteiger partial charge is 0.268 e. The average molecular weight is 464 g/mol. The minimum Gasteiger partial charge on any atom is -0.268 e. The van der Waals surface area contributed by atoms with Gasteiger partial charge in [0, 0.05) is 12.3 Å². The van der Waals surface area contributed by atoms with Crippen LogP contribution in [0.2, 0.25) is 0 Å². The Bertz CT molecular complexity index is 1520. The maximum atomic E-state index is 13.2. The number of hydrogen-bond donors (Lipinski definition) is 0. The molecule has 1 aromatic heterocycles. The van der Waals surface area contributed by atoms with Crippen LogP contribution in [0, 0.1) is 0 Å². The van der Waals surface area contributed by atoms with Crippen molar-refractivity contribution in [1.82, 2.24) is 13.9 Å². The first-order valence-electron chi connectivity index (χ1n) is 9.84. The number of benzene rings is 3. The highest BCUT2D eigenvalue weighted by Gasteiger charge is 2.40. The molecule has 0 N–H and O–H groups in total. The molecule has 0 aliphatic carbocycles. The van der Waals surface area contributed by atoms with E-state index in [1.807, 2.05) is 36.4 Å². The normalized spacial score (nSPS) is 14.6. The highest BCUT2D eigenvalue weighted by Crippen LogP contribution is 2.30. The van der Waals surface area contributed by atoms with Gasteiger partial charge in [-0.05, 0) is 36.4 Å². The summed E-state index contributed by atoms with van der Waals surface area (Å²) in [6.45, 7) is -0.0298. The lowest BCUT2D eigenvalue weighted by Gasteiger charge is -2.16. The van der Waals surface area contributed by atoms with Crippen LogP contribution in [-0.2, 0) is 10.0 Å². The maximum absolute atomic E-state index is 13.2. The standard InChI is InChI=1S/C23H17N3O4S2/c27-21-18-11-5-7-13-20(18)32(29,30)25(21)14-15-31-23-24-19-12-6-4-10-17(19)22(28)26(23)16-8-2-1-3-9-16/h1-13H,14-15H2. The second kappa shape index (κ2) is 7.92. The van der Waals surface area contributed by atoms with Gasteiger partial charge in [0.25, 0.3) is 21.5 Å². The highest BCUT2D eigenvalue weighted by atomic mass is 32.2. The molecule has 3 aromatic carbocycles. The molecule has 32 heavy (non-hydrogen) atoms. The van der Waals surface area contributed by atoms with E-state index in [4.69, 9.17) is 0 Å². The average Bonchev–Trinajstić information content (AvgIpc) is 3.00. The number of fused-ring (bicyclic) bond motifs is 2. The molecular formula is C23H17N3O4S2. The summed E-state index contributed by atoms with van der Waals surface area (Å²) in [7, 11) is -3.87. The molecule has 1 amide bonds. The third-order valence-corrected chi connectivity index (χ3v) is 7.96. The van der Waals surface area contributed by atoms with E-state index in [1.165, 1.54) is 28.5 Å². The molecule has 0 atom stereocenters. The van der Waals surface area contributed by atoms with Gasteiger partial charge in [0.15, 0.2) is 5.16 Å². The van der Waals surface area contributed by atoms with E-state index >= 15 is 0 Å². The molecule has 0 radical (unpaired) electrons. The van der Waals surface area contributed by atoms with E-state index in [9.17, 15) is 18.0 Å². The van der Waals surface area contributed by atoms with E-state index in [1.54, 1.807) is 30.3 Å². The SMILES string of the molecule is O=C1c2ccccc2S(=O)(=O)N1CCSc1nc2ccccc2c(=O)n1-c1ccccc1. The van der Waals surface area contributed by atoms with Crippen LogP contribution in [0.3, 0.4) is 0 Å². The Morgan fingerprint density at radius 1 is 0.844 bits per heavy atom. The quantitative estimate of drug-likeness (QED) is 0.333. The number of nitrogens with zero attached hydrogens (tertiary/aromatic N) is 3. The first kappa shape index (κ1) is 20.5. The van der Waals surface area contributed by atoms with Gasteiger partial charge in [-0.15, -0.1) is 0 Å². The van der Waals surface area contributed by atoms with Crippen molar-refractivity contribution in [3.05, 3.63) is 94.8 Å². The molecule has 7 nitrogen and oxygen atoms in total. The Hall–Kier alpha value is -3.43. The maximum Gasteiger partial charge on any atom is 0.269 e. The fourth-order valence-corrected chi connectivity index (χ4v) is 6.31. The summed E-state index contributed by atoms with van der Waals surface area (Å²) in [6, 6.07) is 22.4. The van der Waals surface area contributed by atoms with Crippen LogP contribution in [0.15, 0.2) is 93.7 Å². The topological polar surface area (TPSA) is 89.3 Å². The summed E-state index contributed by atoms with van der Waals surface area (Å²) in [6.07, 6.45) is 0. The van der Waals surface area contributed by atoms with Gasteiger partial charge in [0.05, 0.1) is 22.2 Å². The van der Waals surface area contributed by atoms with Crippen LogP contribution in [0.5, 0.6) is 0 Å². The molecule has 0 spiro atoms. The van der Waals surface area contributed by atoms with Crippen LogP contribution in [0.4, 0.5) is 0 Å². The van der Waals surface area contributed by atoms with Crippen molar-refractivity contribution < 1.29 is 13.2 Å². The number of carbonyl (C=O) groups excluding carboxylic acids is 1. The summed E-state index contributed by atoms with van der Waals surface area (Å²) in [5.74, 6) is -0.288. The van der Waals surface area contributed by atoms with Gasteiger partial charge in [0.1, 0.15) is 4.90 Å². The predicted molar refractivity (Wildman–Crippen MR) is 123 cm³/mol. The van der Waals surface area contributed by atoms with Crippen molar-refractivity contribution in [2.75, 3.05) is 12.3 Å². The fourth-order valence-electron chi connectivity index (χ4n) is 3.69. The number of carbonyl (C=O) groups is 1. The largest absolute Gasteiger partial charge is 0.269 e. The summed E-state index contributed by atoms with van der Waals surface area (Å²) in [5.41, 5.74) is 1.20. The van der Waals surface area contributed by atoms with Crippen molar-refractivity contribution in [3.8, 4) is 5.69 Å². The van der Waals surface area contributed by atoms with Gasteiger partial charge in [-0.1, -0.05) is 54.2 Å². The second-order valence-corrected chi connectivity index (χ2v) is 10.0. The zero-order chi connectivity index (χ0) is 22.3. The molecule has 0 fully saturated rings.